The summed E-state index contributed by atoms with van der Waals surface area (Å²) in [5.74, 6) is 1.59. The van der Waals surface area contributed by atoms with Crippen molar-refractivity contribution in [2.75, 3.05) is 12.4 Å². The van der Waals surface area contributed by atoms with Crippen LogP contribution in [0, 0.1) is 0 Å². The molecule has 0 aliphatic carbocycles. The van der Waals surface area contributed by atoms with Crippen molar-refractivity contribution in [2.45, 2.75) is 6.54 Å². The number of anilines is 1. The van der Waals surface area contributed by atoms with Crippen molar-refractivity contribution < 1.29 is 4.74 Å². The van der Waals surface area contributed by atoms with Crippen LogP contribution >= 0.6 is 0 Å². The van der Waals surface area contributed by atoms with Crippen LogP contribution < -0.4 is 10.1 Å². The highest BCUT2D eigenvalue weighted by Crippen LogP contribution is 2.23. The van der Waals surface area contributed by atoms with E-state index < -0.39 is 0 Å². The number of aromatic nitrogens is 4. The van der Waals surface area contributed by atoms with E-state index in [1.54, 1.807) is 13.3 Å². The Balaban J connectivity index is 1.62. The molecule has 0 aliphatic heterocycles. The van der Waals surface area contributed by atoms with Gasteiger partial charge in [-0.2, -0.15) is 0 Å². The lowest BCUT2D eigenvalue weighted by Gasteiger charge is -2.07. The van der Waals surface area contributed by atoms with Crippen LogP contribution in [0.4, 0.5) is 5.82 Å². The van der Waals surface area contributed by atoms with Gasteiger partial charge in [0.05, 0.1) is 31.2 Å². The first kappa shape index (κ1) is 15.1. The average Bonchev–Trinajstić information content (AvgIpc) is 3.10. The smallest absolute Gasteiger partial charge is 0.154 e. The predicted octanol–water partition coefficient (Wildman–Crippen LogP) is 3.41. The van der Waals surface area contributed by atoms with Crippen molar-refractivity contribution in [2.24, 2.45) is 0 Å². The Morgan fingerprint density at radius 1 is 1.00 bits per heavy atom. The molecule has 4 aromatic rings. The van der Waals surface area contributed by atoms with Crippen LogP contribution in [0.2, 0.25) is 0 Å². The van der Waals surface area contributed by atoms with Gasteiger partial charge in [0.2, 0.25) is 0 Å². The summed E-state index contributed by atoms with van der Waals surface area (Å²) >= 11 is 0. The molecule has 6 heteroatoms. The fraction of sp³-hybridized carbons (Fsp3) is 0.105. The summed E-state index contributed by atoms with van der Waals surface area (Å²) in [6.07, 6.45) is 3.61. The maximum atomic E-state index is 5.21. The summed E-state index contributed by atoms with van der Waals surface area (Å²) in [4.78, 5) is 8.73. The van der Waals surface area contributed by atoms with Crippen LogP contribution in [0.5, 0.6) is 5.75 Å². The molecule has 1 aromatic carbocycles. The Hall–Kier alpha value is -3.41. The summed E-state index contributed by atoms with van der Waals surface area (Å²) in [5, 5.41) is 7.95. The minimum atomic E-state index is 0.617. The number of imidazole rings is 1. The zero-order chi connectivity index (χ0) is 17.1. The molecule has 0 fully saturated rings. The van der Waals surface area contributed by atoms with Crippen LogP contribution in [-0.2, 0) is 6.54 Å². The van der Waals surface area contributed by atoms with E-state index in [0.717, 1.165) is 34.2 Å². The van der Waals surface area contributed by atoms with Crippen LogP contribution in [0.1, 0.15) is 5.69 Å². The minimum absolute atomic E-state index is 0.617. The Morgan fingerprint density at radius 2 is 1.88 bits per heavy atom. The number of hydrogen-bond donors (Lipinski definition) is 1. The molecule has 0 aliphatic rings. The van der Waals surface area contributed by atoms with Gasteiger partial charge < -0.3 is 10.1 Å². The van der Waals surface area contributed by atoms with Crippen molar-refractivity contribution in [3.8, 4) is 17.0 Å². The molecule has 0 radical (unpaired) electrons. The van der Waals surface area contributed by atoms with Crippen LogP contribution in [0.3, 0.4) is 0 Å². The maximum absolute atomic E-state index is 5.21. The summed E-state index contributed by atoms with van der Waals surface area (Å²) in [7, 11) is 1.66. The molecule has 0 bridgehead atoms. The molecule has 6 nitrogen and oxygen atoms in total. The number of ether oxygens (including phenoxy) is 1. The first-order valence-corrected chi connectivity index (χ1v) is 7.96. The second kappa shape index (κ2) is 6.60. The van der Waals surface area contributed by atoms with Crippen LogP contribution in [-0.4, -0.2) is 26.7 Å². The standard InChI is InChI=1S/C19H17N5O/c1-25-16-7-5-14(6-8-16)17-13-22-19-10-9-18(23-24(17)19)21-12-15-4-2-3-11-20-15/h2-11,13H,12H2,1H3,(H,21,23). The molecule has 0 saturated carbocycles. The quantitative estimate of drug-likeness (QED) is 0.607. The van der Waals surface area contributed by atoms with Gasteiger partial charge in [-0.15, -0.1) is 5.10 Å². The number of rotatable bonds is 5. The number of hydrogen-bond acceptors (Lipinski definition) is 5. The normalized spacial score (nSPS) is 10.8. The van der Waals surface area contributed by atoms with Crippen LogP contribution in [0.15, 0.2) is 67.0 Å². The first-order valence-electron chi connectivity index (χ1n) is 7.96. The molecule has 0 amide bonds. The number of nitrogens with zero attached hydrogens (tertiary/aromatic N) is 4. The topological polar surface area (TPSA) is 64.3 Å². The molecular weight excluding hydrogens is 314 g/mol. The molecule has 124 valence electrons. The molecule has 25 heavy (non-hydrogen) atoms. The number of nitrogens with one attached hydrogen (secondary N) is 1. The number of pyridine rings is 1. The van der Waals surface area contributed by atoms with Crippen molar-refractivity contribution >= 4 is 11.5 Å². The van der Waals surface area contributed by atoms with Gasteiger partial charge in [-0.1, -0.05) is 6.07 Å². The first-order chi connectivity index (χ1) is 12.3. The molecule has 3 aromatic heterocycles. The van der Waals surface area contributed by atoms with Gasteiger partial charge >= 0.3 is 0 Å². The molecule has 4 rings (SSSR count). The summed E-state index contributed by atoms with van der Waals surface area (Å²) in [6.45, 7) is 0.617. The van der Waals surface area contributed by atoms with E-state index in [1.165, 1.54) is 0 Å². The van der Waals surface area contributed by atoms with Gasteiger partial charge in [-0.3, -0.25) is 4.98 Å². The van der Waals surface area contributed by atoms with E-state index in [-0.39, 0.29) is 0 Å². The third-order valence-corrected chi connectivity index (χ3v) is 3.92. The lowest BCUT2D eigenvalue weighted by molar-refractivity contribution is 0.415. The molecule has 0 saturated heterocycles. The minimum Gasteiger partial charge on any atom is -0.497 e. The fourth-order valence-corrected chi connectivity index (χ4v) is 2.61. The summed E-state index contributed by atoms with van der Waals surface area (Å²) in [5.41, 5.74) is 3.72. The molecule has 3 heterocycles. The summed E-state index contributed by atoms with van der Waals surface area (Å²) < 4.78 is 7.05. The molecule has 1 N–H and O–H groups in total. The number of methoxy groups -OCH3 is 1. The monoisotopic (exact) mass is 331 g/mol. The third-order valence-electron chi connectivity index (χ3n) is 3.92. The van der Waals surface area contributed by atoms with E-state index in [4.69, 9.17) is 4.74 Å². The van der Waals surface area contributed by atoms with E-state index in [9.17, 15) is 0 Å². The van der Waals surface area contributed by atoms with E-state index in [1.807, 2.05) is 65.3 Å². The highest BCUT2D eigenvalue weighted by molar-refractivity contribution is 5.64. The maximum Gasteiger partial charge on any atom is 0.154 e. The van der Waals surface area contributed by atoms with Crippen molar-refractivity contribution in [1.82, 2.24) is 19.6 Å². The van der Waals surface area contributed by atoms with E-state index in [2.05, 4.69) is 20.4 Å². The Bertz CT molecular complexity index is 980. The van der Waals surface area contributed by atoms with E-state index >= 15 is 0 Å². The Labute approximate surface area is 145 Å². The Morgan fingerprint density at radius 3 is 2.64 bits per heavy atom. The molecule has 0 atom stereocenters. The molecular formula is C19H17N5O. The fourth-order valence-electron chi connectivity index (χ4n) is 2.61. The second-order valence-electron chi connectivity index (χ2n) is 5.54. The largest absolute Gasteiger partial charge is 0.497 e. The third kappa shape index (κ3) is 3.14. The van der Waals surface area contributed by atoms with Gasteiger partial charge in [-0.25, -0.2) is 9.50 Å². The summed E-state index contributed by atoms with van der Waals surface area (Å²) in [6, 6.07) is 17.6. The van der Waals surface area contributed by atoms with Crippen LogP contribution in [0.25, 0.3) is 16.9 Å². The van der Waals surface area contributed by atoms with Gasteiger partial charge in [0.1, 0.15) is 11.6 Å². The van der Waals surface area contributed by atoms with Crippen molar-refractivity contribution in [3.05, 3.63) is 72.7 Å². The second-order valence-corrected chi connectivity index (χ2v) is 5.54. The Kier molecular flexibility index (Phi) is 4.00. The SMILES string of the molecule is COc1ccc(-c2cnc3ccc(NCc4ccccn4)nn23)cc1. The lowest BCUT2D eigenvalue weighted by atomic mass is 10.1. The van der Waals surface area contributed by atoms with Gasteiger partial charge in [0, 0.05) is 11.8 Å². The predicted molar refractivity (Wildman–Crippen MR) is 96.5 cm³/mol. The average molecular weight is 331 g/mol. The highest BCUT2D eigenvalue weighted by Gasteiger charge is 2.08. The highest BCUT2D eigenvalue weighted by atomic mass is 16.5. The zero-order valence-electron chi connectivity index (χ0n) is 13.8. The van der Waals surface area contributed by atoms with Crippen molar-refractivity contribution in [3.63, 3.8) is 0 Å². The van der Waals surface area contributed by atoms with Gasteiger partial charge in [-0.05, 0) is 48.5 Å². The number of benzene rings is 1. The number of fused-ring (bicyclic) bond motifs is 1. The van der Waals surface area contributed by atoms with Gasteiger partial charge in [0.25, 0.3) is 0 Å². The van der Waals surface area contributed by atoms with Gasteiger partial charge in [0.15, 0.2) is 5.65 Å². The molecule has 0 spiro atoms. The molecule has 0 unspecified atom stereocenters. The zero-order valence-corrected chi connectivity index (χ0v) is 13.8. The lowest BCUT2D eigenvalue weighted by Crippen LogP contribution is -2.05. The van der Waals surface area contributed by atoms with Crippen molar-refractivity contribution in [1.29, 1.82) is 0 Å². The van der Waals surface area contributed by atoms with E-state index in [0.29, 0.717) is 6.54 Å².